The van der Waals surface area contributed by atoms with Crippen LogP contribution in [-0.4, -0.2) is 51.3 Å². The highest BCUT2D eigenvalue weighted by Crippen LogP contribution is 2.31. The van der Waals surface area contributed by atoms with Crippen molar-refractivity contribution in [2.24, 2.45) is 0 Å². The summed E-state index contributed by atoms with van der Waals surface area (Å²) in [6.07, 6.45) is -0.728. The Balaban J connectivity index is 1.56. The van der Waals surface area contributed by atoms with E-state index in [1.165, 1.54) is 36.5 Å². The molecule has 3 heterocycles. The van der Waals surface area contributed by atoms with E-state index < -0.39 is 29.7 Å². The lowest BCUT2D eigenvalue weighted by Crippen LogP contribution is -2.66. The normalized spacial score (nSPS) is 15.5. The number of carbonyl (C=O) groups is 1. The van der Waals surface area contributed by atoms with E-state index in [2.05, 4.69) is 15.2 Å². The van der Waals surface area contributed by atoms with Crippen molar-refractivity contribution in [3.05, 3.63) is 60.0 Å². The highest BCUT2D eigenvalue weighted by Gasteiger charge is 2.51. The summed E-state index contributed by atoms with van der Waals surface area (Å²) in [4.78, 5) is 20.4. The summed E-state index contributed by atoms with van der Waals surface area (Å²) >= 11 is 0. The number of carbonyl (C=O) groups excluding carboxylic acids is 1. The van der Waals surface area contributed by atoms with E-state index in [1.807, 2.05) is 11.8 Å². The van der Waals surface area contributed by atoms with Crippen LogP contribution < -0.4 is 4.90 Å². The Labute approximate surface area is 187 Å². The van der Waals surface area contributed by atoms with Gasteiger partial charge in [-0.1, -0.05) is 13.0 Å². The zero-order valence-electron chi connectivity index (χ0n) is 17.7. The summed E-state index contributed by atoms with van der Waals surface area (Å²) in [5.74, 6) is -2.27. The van der Waals surface area contributed by atoms with Gasteiger partial charge in [0.1, 0.15) is 5.82 Å². The fourth-order valence-electron chi connectivity index (χ4n) is 3.68. The lowest BCUT2D eigenvalue weighted by atomic mass is 9.93. The number of alkyl halides is 3. The number of amides is 1. The van der Waals surface area contributed by atoms with Crippen LogP contribution in [0.2, 0.25) is 0 Å². The van der Waals surface area contributed by atoms with Crippen LogP contribution in [0, 0.1) is 5.82 Å². The van der Waals surface area contributed by atoms with Gasteiger partial charge in [-0.25, -0.2) is 8.78 Å². The molecule has 0 aliphatic carbocycles. The van der Waals surface area contributed by atoms with E-state index in [1.54, 1.807) is 0 Å². The molecule has 0 bridgehead atoms. The average Bonchev–Trinajstić information content (AvgIpc) is 3.27. The van der Waals surface area contributed by atoms with Gasteiger partial charge in [0.05, 0.1) is 17.8 Å². The summed E-state index contributed by atoms with van der Waals surface area (Å²) in [5.41, 5.74) is -1.19. The smallest absolute Gasteiger partial charge is 0.314 e. The molecule has 0 saturated carbocycles. The van der Waals surface area contributed by atoms with Crippen molar-refractivity contribution in [1.82, 2.24) is 20.1 Å². The second kappa shape index (κ2) is 9.26. The molecule has 1 aliphatic heterocycles. The zero-order valence-corrected chi connectivity index (χ0v) is 17.7. The molecule has 2 aromatic heterocycles. The van der Waals surface area contributed by atoms with Gasteiger partial charge in [-0.05, 0) is 43.3 Å². The third-order valence-corrected chi connectivity index (χ3v) is 5.26. The number of hydrogen-bond donors (Lipinski definition) is 0. The van der Waals surface area contributed by atoms with Gasteiger partial charge in [0.15, 0.2) is 0 Å². The van der Waals surface area contributed by atoms with Gasteiger partial charge in [0.2, 0.25) is 11.6 Å². The van der Waals surface area contributed by atoms with E-state index in [0.29, 0.717) is 17.8 Å². The molecule has 33 heavy (non-hydrogen) atoms. The molecule has 4 rings (SSSR count). The van der Waals surface area contributed by atoms with E-state index >= 15 is 4.39 Å². The van der Waals surface area contributed by atoms with Crippen molar-refractivity contribution >= 4 is 11.6 Å². The lowest BCUT2D eigenvalue weighted by molar-refractivity contribution is -0.142. The molecule has 1 saturated heterocycles. The topological polar surface area (TPSA) is 75.4 Å². The van der Waals surface area contributed by atoms with Gasteiger partial charge < -0.3 is 9.32 Å². The highest BCUT2D eigenvalue weighted by molar-refractivity contribution is 6.00. The van der Waals surface area contributed by atoms with Crippen LogP contribution in [-0.2, 0) is 11.3 Å². The first-order chi connectivity index (χ1) is 15.8. The Morgan fingerprint density at radius 2 is 2.03 bits per heavy atom. The Morgan fingerprint density at radius 1 is 1.24 bits per heavy atom. The number of likely N-dealkylation sites (tertiary alicyclic amines) is 1. The minimum atomic E-state index is -2.89. The maximum absolute atomic E-state index is 15.3. The lowest BCUT2D eigenvalue weighted by Gasteiger charge is -2.45. The van der Waals surface area contributed by atoms with Crippen LogP contribution in [0.15, 0.2) is 47.0 Å². The summed E-state index contributed by atoms with van der Waals surface area (Å²) in [6, 6.07) is 8.38. The van der Waals surface area contributed by atoms with Crippen molar-refractivity contribution in [3.63, 3.8) is 0 Å². The Kier molecular flexibility index (Phi) is 6.41. The van der Waals surface area contributed by atoms with E-state index in [-0.39, 0.29) is 31.2 Å². The van der Waals surface area contributed by atoms with Gasteiger partial charge in [0.25, 0.3) is 11.8 Å². The van der Waals surface area contributed by atoms with Crippen LogP contribution in [0.5, 0.6) is 0 Å². The monoisotopic (exact) mass is 463 g/mol. The molecule has 1 aromatic carbocycles. The van der Waals surface area contributed by atoms with Crippen LogP contribution in [0.25, 0.3) is 11.5 Å². The Bertz CT molecular complexity index is 1120. The number of halogens is 4. The number of aromatic nitrogens is 3. The predicted octanol–water partition coefficient (Wildman–Crippen LogP) is 4.18. The van der Waals surface area contributed by atoms with E-state index in [4.69, 9.17) is 4.42 Å². The first-order valence-electron chi connectivity index (χ1n) is 10.3. The molecular weight excluding hydrogens is 442 g/mol. The molecular formula is C22H21F4N5O2. The second-order valence-electron chi connectivity index (χ2n) is 7.83. The number of nitrogens with zero attached hydrogens (tertiary/aromatic N) is 5. The maximum atomic E-state index is 15.3. The van der Waals surface area contributed by atoms with Gasteiger partial charge in [-0.2, -0.15) is 8.78 Å². The van der Waals surface area contributed by atoms with Gasteiger partial charge in [0, 0.05) is 25.0 Å². The van der Waals surface area contributed by atoms with Crippen molar-refractivity contribution in [3.8, 4) is 11.5 Å². The van der Waals surface area contributed by atoms with Crippen molar-refractivity contribution < 1.29 is 26.8 Å². The summed E-state index contributed by atoms with van der Waals surface area (Å²) < 4.78 is 59.4. The first kappa shape index (κ1) is 22.8. The van der Waals surface area contributed by atoms with Gasteiger partial charge >= 0.3 is 6.43 Å². The van der Waals surface area contributed by atoms with Gasteiger partial charge in [-0.3, -0.25) is 14.7 Å². The molecule has 0 radical (unpaired) electrons. The largest absolute Gasteiger partial charge is 0.415 e. The highest BCUT2D eigenvalue weighted by atomic mass is 19.3. The van der Waals surface area contributed by atoms with Crippen LogP contribution in [0.4, 0.5) is 23.2 Å². The van der Waals surface area contributed by atoms with Crippen molar-refractivity contribution in [1.29, 1.82) is 0 Å². The number of pyridine rings is 1. The quantitative estimate of drug-likeness (QED) is 0.467. The molecule has 1 amide bonds. The molecule has 1 fully saturated rings. The predicted molar refractivity (Wildman–Crippen MR) is 111 cm³/mol. The number of rotatable bonds is 8. The average molecular weight is 463 g/mol. The second-order valence-corrected chi connectivity index (χ2v) is 7.83. The van der Waals surface area contributed by atoms with E-state index in [0.717, 1.165) is 17.4 Å². The van der Waals surface area contributed by atoms with Crippen LogP contribution in [0.3, 0.4) is 0 Å². The molecule has 0 unspecified atom stereocenters. The third-order valence-electron chi connectivity index (χ3n) is 5.26. The fraction of sp³-hybridized carbons (Fsp3) is 0.364. The minimum absolute atomic E-state index is 0.0263. The molecule has 11 heteroatoms. The molecule has 174 valence electrons. The number of hydrogen-bond acceptors (Lipinski definition) is 6. The molecule has 0 spiro atoms. The summed E-state index contributed by atoms with van der Waals surface area (Å²) in [5, 5.41) is 6.83. The molecule has 7 nitrogen and oxygen atoms in total. The van der Waals surface area contributed by atoms with Crippen LogP contribution >= 0.6 is 0 Å². The van der Waals surface area contributed by atoms with Crippen molar-refractivity contribution in [2.75, 3.05) is 24.5 Å². The third kappa shape index (κ3) is 4.87. The molecule has 0 N–H and O–H groups in total. The number of benzene rings is 1. The first-order valence-corrected chi connectivity index (χ1v) is 10.3. The standard InChI is InChI=1S/C22H21F4N5O2/c1-2-8-30-12-22(26,13-30)21(32)31(17-5-3-4-15(23)9-17)11-16-7-6-14(10-27-16)19-28-29-20(33-19)18(24)25/h3-7,9-10,18H,2,8,11-13H2,1H3. The SMILES string of the molecule is CCCN1CC(F)(C(=O)N(Cc2ccc(-c3nnc(C(F)F)o3)cn2)c2cccc(F)c2)C1. The van der Waals surface area contributed by atoms with Crippen LogP contribution in [0.1, 0.15) is 31.4 Å². The fourth-order valence-corrected chi connectivity index (χ4v) is 3.68. The Hall–Kier alpha value is -3.34. The summed E-state index contributed by atoms with van der Waals surface area (Å²) in [6.45, 7) is 2.49. The number of anilines is 1. The van der Waals surface area contributed by atoms with Gasteiger partial charge in [-0.15, -0.1) is 10.2 Å². The summed E-state index contributed by atoms with van der Waals surface area (Å²) in [7, 11) is 0. The Morgan fingerprint density at radius 3 is 2.64 bits per heavy atom. The zero-order chi connectivity index (χ0) is 23.6. The molecule has 3 aromatic rings. The maximum Gasteiger partial charge on any atom is 0.314 e. The molecule has 1 aliphatic rings. The van der Waals surface area contributed by atoms with E-state index in [9.17, 15) is 18.0 Å². The molecule has 0 atom stereocenters. The van der Waals surface area contributed by atoms with Crippen molar-refractivity contribution in [2.45, 2.75) is 32.0 Å². The minimum Gasteiger partial charge on any atom is -0.415 e.